The van der Waals surface area contributed by atoms with Gasteiger partial charge in [0, 0.05) is 11.9 Å². The van der Waals surface area contributed by atoms with Crippen LogP contribution in [0, 0.1) is 0 Å². The highest BCUT2D eigenvalue weighted by Crippen LogP contribution is 2.20. The smallest absolute Gasteiger partial charge is 0.251 e. The maximum Gasteiger partial charge on any atom is 0.251 e. The van der Waals surface area contributed by atoms with Crippen LogP contribution in [0.15, 0.2) is 41.2 Å². The predicted molar refractivity (Wildman–Crippen MR) is 77.4 cm³/mol. The summed E-state index contributed by atoms with van der Waals surface area (Å²) >= 11 is 1.46. The Morgan fingerprint density at radius 3 is 3.00 bits per heavy atom. The van der Waals surface area contributed by atoms with Crippen LogP contribution < -0.4 is 10.9 Å². The molecule has 0 aliphatic heterocycles. The van der Waals surface area contributed by atoms with Crippen molar-refractivity contribution in [2.75, 3.05) is 0 Å². The molecule has 19 heavy (non-hydrogen) atoms. The second kappa shape index (κ2) is 7.19. The van der Waals surface area contributed by atoms with Gasteiger partial charge in [-0.05, 0) is 44.7 Å². The number of thioether (sulfide) groups is 1. The molecule has 4 nitrogen and oxygen atoms in total. The quantitative estimate of drug-likeness (QED) is 0.642. The molecular weight excluding hydrogens is 258 g/mol. The summed E-state index contributed by atoms with van der Waals surface area (Å²) in [5.41, 5.74) is 6.90. The van der Waals surface area contributed by atoms with Gasteiger partial charge in [-0.2, -0.15) is 0 Å². The number of hydrogen-bond acceptors (Lipinski definition) is 4. The number of amides is 1. The van der Waals surface area contributed by atoms with E-state index in [-0.39, 0.29) is 11.2 Å². The minimum Gasteiger partial charge on any atom is -0.303 e. The Morgan fingerprint density at radius 1 is 1.42 bits per heavy atom. The van der Waals surface area contributed by atoms with Crippen molar-refractivity contribution in [2.45, 2.75) is 42.9 Å². The minimum absolute atomic E-state index is 0.0258. The Bertz CT molecular complexity index is 447. The van der Waals surface area contributed by atoms with E-state index in [2.05, 4.69) is 21.9 Å². The molecule has 0 fully saturated rings. The van der Waals surface area contributed by atoms with Crippen LogP contribution in [-0.4, -0.2) is 16.1 Å². The molecule has 1 amide bonds. The van der Waals surface area contributed by atoms with Crippen LogP contribution in [-0.2, 0) is 4.79 Å². The summed E-state index contributed by atoms with van der Waals surface area (Å²) in [4.78, 5) is 16.1. The number of aromatic nitrogens is 1. The monoisotopic (exact) mass is 277 g/mol. The topological polar surface area (TPSA) is 54.0 Å². The van der Waals surface area contributed by atoms with E-state index in [9.17, 15) is 4.79 Å². The van der Waals surface area contributed by atoms with Gasteiger partial charge in [0.1, 0.15) is 0 Å². The van der Waals surface area contributed by atoms with Gasteiger partial charge in [-0.25, -0.2) is 4.98 Å². The molecule has 1 heterocycles. The van der Waals surface area contributed by atoms with E-state index in [4.69, 9.17) is 0 Å². The summed E-state index contributed by atoms with van der Waals surface area (Å²) in [6, 6.07) is 5.70. The number of rotatable bonds is 5. The number of nitrogens with one attached hydrogen (secondary N) is 2. The zero-order valence-electron chi connectivity index (χ0n) is 11.1. The van der Waals surface area contributed by atoms with E-state index in [1.807, 2.05) is 25.1 Å². The third kappa shape index (κ3) is 4.59. The van der Waals surface area contributed by atoms with Crippen molar-refractivity contribution >= 4 is 17.7 Å². The standard InChI is InChI=1S/C14H19N3OS/c1-11(19-13-9-5-6-10-15-13)14(18)17-16-12-7-3-2-4-8-12/h5-7,9-11,16H,2-4,8H2,1H3,(H,17,18). The summed E-state index contributed by atoms with van der Waals surface area (Å²) in [7, 11) is 0. The Kier molecular flexibility index (Phi) is 5.27. The van der Waals surface area contributed by atoms with E-state index < -0.39 is 0 Å². The fraction of sp³-hybridized carbons (Fsp3) is 0.429. The molecule has 2 N–H and O–H groups in total. The van der Waals surface area contributed by atoms with Crippen molar-refractivity contribution in [3.63, 3.8) is 0 Å². The summed E-state index contributed by atoms with van der Waals surface area (Å²) < 4.78 is 0. The molecule has 5 heteroatoms. The van der Waals surface area contributed by atoms with Crippen molar-refractivity contribution in [2.24, 2.45) is 0 Å². The second-order valence-electron chi connectivity index (χ2n) is 4.52. The van der Waals surface area contributed by atoms with Crippen LogP contribution in [0.3, 0.4) is 0 Å². The lowest BCUT2D eigenvalue weighted by Gasteiger charge is -2.17. The zero-order chi connectivity index (χ0) is 13.5. The van der Waals surface area contributed by atoms with Gasteiger partial charge in [0.15, 0.2) is 0 Å². The van der Waals surface area contributed by atoms with Crippen LogP contribution in [0.4, 0.5) is 0 Å². The van der Waals surface area contributed by atoms with Crippen molar-refractivity contribution < 1.29 is 4.79 Å². The van der Waals surface area contributed by atoms with E-state index in [1.165, 1.54) is 24.6 Å². The number of hydrazine groups is 1. The van der Waals surface area contributed by atoms with Crippen molar-refractivity contribution in [3.05, 3.63) is 36.2 Å². The SMILES string of the molecule is CC(Sc1ccccn1)C(=O)NNC1=CCCCC1. The predicted octanol–water partition coefficient (Wildman–Crippen LogP) is 2.64. The molecule has 1 unspecified atom stereocenters. The minimum atomic E-state index is -0.174. The Labute approximate surface area is 118 Å². The molecule has 0 aromatic carbocycles. The van der Waals surface area contributed by atoms with E-state index in [1.54, 1.807) is 6.20 Å². The summed E-state index contributed by atoms with van der Waals surface area (Å²) in [5, 5.41) is 0.689. The van der Waals surface area contributed by atoms with Gasteiger partial charge in [-0.3, -0.25) is 10.2 Å². The lowest BCUT2D eigenvalue weighted by Crippen LogP contribution is -2.41. The molecule has 2 rings (SSSR count). The number of carbonyl (C=O) groups excluding carboxylic acids is 1. The molecule has 1 aliphatic carbocycles. The number of pyridine rings is 1. The number of nitrogens with zero attached hydrogens (tertiary/aromatic N) is 1. The average Bonchev–Trinajstić information content (AvgIpc) is 2.47. The fourth-order valence-corrected chi connectivity index (χ4v) is 2.65. The molecule has 1 aliphatic rings. The zero-order valence-corrected chi connectivity index (χ0v) is 11.9. The molecule has 102 valence electrons. The first kappa shape index (κ1) is 13.9. The van der Waals surface area contributed by atoms with Gasteiger partial charge in [0.25, 0.3) is 5.91 Å². The van der Waals surface area contributed by atoms with Crippen LogP contribution in [0.1, 0.15) is 32.6 Å². The largest absolute Gasteiger partial charge is 0.303 e. The highest BCUT2D eigenvalue weighted by molar-refractivity contribution is 8.00. The van der Waals surface area contributed by atoms with Gasteiger partial charge < -0.3 is 5.43 Å². The maximum atomic E-state index is 11.9. The third-order valence-electron chi connectivity index (χ3n) is 2.94. The number of carbonyl (C=O) groups is 1. The molecule has 0 radical (unpaired) electrons. The summed E-state index contributed by atoms with van der Waals surface area (Å²) in [6.07, 6.45) is 8.43. The van der Waals surface area contributed by atoms with Crippen molar-refractivity contribution in [3.8, 4) is 0 Å². The first-order chi connectivity index (χ1) is 9.25. The van der Waals surface area contributed by atoms with E-state index in [0.29, 0.717) is 0 Å². The van der Waals surface area contributed by atoms with Crippen LogP contribution in [0.2, 0.25) is 0 Å². The molecule has 1 atom stereocenters. The average molecular weight is 277 g/mol. The summed E-state index contributed by atoms with van der Waals surface area (Å²) in [5.74, 6) is -0.0258. The van der Waals surface area contributed by atoms with Gasteiger partial charge in [0.2, 0.25) is 0 Å². The highest BCUT2D eigenvalue weighted by Gasteiger charge is 2.15. The highest BCUT2D eigenvalue weighted by atomic mass is 32.2. The van der Waals surface area contributed by atoms with E-state index in [0.717, 1.165) is 23.6 Å². The maximum absolute atomic E-state index is 11.9. The van der Waals surface area contributed by atoms with Gasteiger partial charge >= 0.3 is 0 Å². The van der Waals surface area contributed by atoms with Gasteiger partial charge in [-0.15, -0.1) is 0 Å². The Balaban J connectivity index is 1.77. The molecule has 0 bridgehead atoms. The number of allylic oxidation sites excluding steroid dienone is 2. The number of hydrogen-bond donors (Lipinski definition) is 2. The summed E-state index contributed by atoms with van der Waals surface area (Å²) in [6.45, 7) is 1.88. The first-order valence-electron chi connectivity index (χ1n) is 6.58. The Morgan fingerprint density at radius 2 is 2.32 bits per heavy atom. The molecular formula is C14H19N3OS. The molecule has 1 aromatic heterocycles. The molecule has 1 aromatic rings. The van der Waals surface area contributed by atoms with Crippen molar-refractivity contribution in [1.29, 1.82) is 0 Å². The normalized spacial score (nSPS) is 16.4. The van der Waals surface area contributed by atoms with Crippen molar-refractivity contribution in [1.82, 2.24) is 15.8 Å². The van der Waals surface area contributed by atoms with Crippen LogP contribution >= 0.6 is 11.8 Å². The third-order valence-corrected chi connectivity index (χ3v) is 3.99. The van der Waals surface area contributed by atoms with Crippen LogP contribution in [0.5, 0.6) is 0 Å². The lowest BCUT2D eigenvalue weighted by atomic mass is 10.1. The molecule has 0 saturated carbocycles. The Hall–Kier alpha value is -1.49. The van der Waals surface area contributed by atoms with E-state index >= 15 is 0 Å². The van der Waals surface area contributed by atoms with Gasteiger partial charge in [0.05, 0.1) is 10.3 Å². The second-order valence-corrected chi connectivity index (χ2v) is 5.88. The van der Waals surface area contributed by atoms with Crippen LogP contribution in [0.25, 0.3) is 0 Å². The molecule has 0 spiro atoms. The fourth-order valence-electron chi connectivity index (χ4n) is 1.85. The lowest BCUT2D eigenvalue weighted by molar-refractivity contribution is -0.121. The van der Waals surface area contributed by atoms with Gasteiger partial charge in [-0.1, -0.05) is 23.9 Å². The first-order valence-corrected chi connectivity index (χ1v) is 7.46. The molecule has 0 saturated heterocycles.